The van der Waals surface area contributed by atoms with Crippen molar-refractivity contribution in [2.75, 3.05) is 23.3 Å². The smallest absolute Gasteiger partial charge is 0.259 e. The van der Waals surface area contributed by atoms with Gasteiger partial charge in [-0.1, -0.05) is 15.9 Å². The Kier molecular flexibility index (Phi) is 4.43. The average Bonchev–Trinajstić information content (AvgIpc) is 3.05. The summed E-state index contributed by atoms with van der Waals surface area (Å²) in [6, 6.07) is 9.42. The third kappa shape index (κ3) is 3.14. The quantitative estimate of drug-likeness (QED) is 0.900. The van der Waals surface area contributed by atoms with Gasteiger partial charge in [0, 0.05) is 29.4 Å². The molecule has 22 heavy (non-hydrogen) atoms. The van der Waals surface area contributed by atoms with Crippen molar-refractivity contribution in [3.63, 3.8) is 0 Å². The lowest BCUT2D eigenvalue weighted by Crippen LogP contribution is -2.24. The number of nitrogens with zero attached hydrogens (tertiary/aromatic N) is 2. The first-order valence-electron chi connectivity index (χ1n) is 7.42. The molecule has 3 rings (SSSR count). The van der Waals surface area contributed by atoms with Gasteiger partial charge in [0.2, 0.25) is 0 Å². The third-order valence-electron chi connectivity index (χ3n) is 3.85. The summed E-state index contributed by atoms with van der Waals surface area (Å²) in [7, 11) is 0. The van der Waals surface area contributed by atoms with Crippen molar-refractivity contribution in [3.05, 3.63) is 52.1 Å². The van der Waals surface area contributed by atoms with Gasteiger partial charge in [0.25, 0.3) is 5.91 Å². The average molecular weight is 360 g/mol. The number of nitrogens with one attached hydrogen (secondary N) is 1. The van der Waals surface area contributed by atoms with E-state index in [2.05, 4.69) is 31.1 Å². The van der Waals surface area contributed by atoms with E-state index < -0.39 is 0 Å². The van der Waals surface area contributed by atoms with Crippen LogP contribution in [-0.2, 0) is 0 Å². The summed E-state index contributed by atoms with van der Waals surface area (Å²) in [5.41, 5.74) is 2.51. The molecule has 0 aliphatic carbocycles. The first kappa shape index (κ1) is 15.0. The fourth-order valence-electron chi connectivity index (χ4n) is 2.68. The van der Waals surface area contributed by atoms with Crippen LogP contribution in [0.1, 0.15) is 28.8 Å². The van der Waals surface area contributed by atoms with Crippen LogP contribution >= 0.6 is 15.9 Å². The molecule has 1 amide bonds. The molecule has 1 N–H and O–H groups in total. The maximum atomic E-state index is 12.6. The van der Waals surface area contributed by atoms with Gasteiger partial charge in [-0.2, -0.15) is 0 Å². The molecule has 1 aromatic carbocycles. The second kappa shape index (κ2) is 6.48. The second-order valence-electron chi connectivity index (χ2n) is 5.49. The Balaban J connectivity index is 1.84. The number of rotatable bonds is 3. The predicted octanol–water partition coefficient (Wildman–Crippen LogP) is 4.01. The van der Waals surface area contributed by atoms with E-state index in [1.165, 1.54) is 0 Å². The highest BCUT2D eigenvalue weighted by atomic mass is 79.9. The monoisotopic (exact) mass is 359 g/mol. The van der Waals surface area contributed by atoms with Crippen molar-refractivity contribution in [2.45, 2.75) is 19.8 Å². The minimum absolute atomic E-state index is 0.114. The molecule has 1 aliphatic rings. The molecule has 114 valence electrons. The zero-order valence-electron chi connectivity index (χ0n) is 12.5. The molecule has 2 heterocycles. The van der Waals surface area contributed by atoms with Crippen LogP contribution in [0.4, 0.5) is 11.5 Å². The predicted molar refractivity (Wildman–Crippen MR) is 92.5 cm³/mol. The summed E-state index contributed by atoms with van der Waals surface area (Å²) in [5.74, 6) is 0.669. The normalized spacial score (nSPS) is 14.2. The Bertz CT molecular complexity index is 696. The maximum Gasteiger partial charge on any atom is 0.259 e. The summed E-state index contributed by atoms with van der Waals surface area (Å²) >= 11 is 3.47. The molecule has 0 atom stereocenters. The number of amides is 1. The van der Waals surface area contributed by atoms with Crippen LogP contribution in [0.25, 0.3) is 0 Å². The standard InChI is InChI=1S/C17H18BrN3O/c1-12-11-13(6-7-15(12)18)20-17(22)14-5-4-8-19-16(14)21-9-2-3-10-21/h4-8,11H,2-3,9-10H2,1H3,(H,20,22). The molecule has 5 heteroatoms. The summed E-state index contributed by atoms with van der Waals surface area (Å²) in [4.78, 5) is 19.2. The van der Waals surface area contributed by atoms with Crippen LogP contribution < -0.4 is 10.2 Å². The Morgan fingerprint density at radius 2 is 2.05 bits per heavy atom. The lowest BCUT2D eigenvalue weighted by atomic mass is 10.2. The van der Waals surface area contributed by atoms with E-state index in [-0.39, 0.29) is 5.91 Å². The number of halogens is 1. The number of pyridine rings is 1. The number of carbonyl (C=O) groups excluding carboxylic acids is 1. The van der Waals surface area contributed by atoms with Gasteiger partial charge < -0.3 is 10.2 Å². The van der Waals surface area contributed by atoms with Crippen LogP contribution in [0, 0.1) is 6.92 Å². The van der Waals surface area contributed by atoms with Crippen molar-refractivity contribution in [3.8, 4) is 0 Å². The van der Waals surface area contributed by atoms with Gasteiger partial charge in [0.1, 0.15) is 5.82 Å². The van der Waals surface area contributed by atoms with Crippen LogP contribution in [0.15, 0.2) is 41.0 Å². The van der Waals surface area contributed by atoms with Gasteiger partial charge in [0.05, 0.1) is 5.56 Å². The largest absolute Gasteiger partial charge is 0.356 e. The van der Waals surface area contributed by atoms with Crippen molar-refractivity contribution >= 4 is 33.3 Å². The van der Waals surface area contributed by atoms with E-state index in [4.69, 9.17) is 0 Å². The van der Waals surface area contributed by atoms with Gasteiger partial charge in [-0.15, -0.1) is 0 Å². The number of hydrogen-bond acceptors (Lipinski definition) is 3. The summed E-state index contributed by atoms with van der Waals surface area (Å²) in [5, 5.41) is 2.96. The van der Waals surface area contributed by atoms with E-state index in [0.29, 0.717) is 5.56 Å². The molecule has 1 aliphatic heterocycles. The Morgan fingerprint density at radius 3 is 2.77 bits per heavy atom. The Labute approximate surface area is 138 Å². The molecule has 2 aromatic rings. The fraction of sp³-hybridized carbons (Fsp3) is 0.294. The molecular weight excluding hydrogens is 342 g/mol. The van der Waals surface area contributed by atoms with Crippen LogP contribution in [0.3, 0.4) is 0 Å². The first-order chi connectivity index (χ1) is 10.6. The lowest BCUT2D eigenvalue weighted by Gasteiger charge is -2.19. The fourth-order valence-corrected chi connectivity index (χ4v) is 2.92. The highest BCUT2D eigenvalue weighted by Crippen LogP contribution is 2.24. The van der Waals surface area contributed by atoms with Crippen molar-refractivity contribution < 1.29 is 4.79 Å². The van der Waals surface area contributed by atoms with Crippen molar-refractivity contribution in [1.82, 2.24) is 4.98 Å². The first-order valence-corrected chi connectivity index (χ1v) is 8.22. The molecule has 1 saturated heterocycles. The van der Waals surface area contributed by atoms with Crippen LogP contribution in [0.2, 0.25) is 0 Å². The second-order valence-corrected chi connectivity index (χ2v) is 6.34. The van der Waals surface area contributed by atoms with E-state index in [9.17, 15) is 4.79 Å². The van der Waals surface area contributed by atoms with E-state index >= 15 is 0 Å². The number of benzene rings is 1. The highest BCUT2D eigenvalue weighted by molar-refractivity contribution is 9.10. The molecule has 0 spiro atoms. The number of hydrogen-bond donors (Lipinski definition) is 1. The summed E-state index contributed by atoms with van der Waals surface area (Å²) in [6.07, 6.45) is 4.06. The molecule has 1 fully saturated rings. The van der Waals surface area contributed by atoms with Crippen LogP contribution in [0.5, 0.6) is 0 Å². The van der Waals surface area contributed by atoms with E-state index in [0.717, 1.165) is 47.5 Å². The minimum atomic E-state index is -0.114. The molecule has 0 radical (unpaired) electrons. The van der Waals surface area contributed by atoms with Crippen molar-refractivity contribution in [2.24, 2.45) is 0 Å². The SMILES string of the molecule is Cc1cc(NC(=O)c2cccnc2N2CCCC2)ccc1Br. The number of carbonyl (C=O) groups is 1. The minimum Gasteiger partial charge on any atom is -0.356 e. The van der Waals surface area contributed by atoms with Gasteiger partial charge >= 0.3 is 0 Å². The molecule has 0 unspecified atom stereocenters. The van der Waals surface area contributed by atoms with E-state index in [1.807, 2.05) is 31.2 Å². The van der Waals surface area contributed by atoms with Crippen molar-refractivity contribution in [1.29, 1.82) is 0 Å². The molecule has 0 bridgehead atoms. The zero-order valence-corrected chi connectivity index (χ0v) is 14.1. The molecular formula is C17H18BrN3O. The van der Waals surface area contributed by atoms with Gasteiger partial charge in [-0.05, 0) is 55.7 Å². The lowest BCUT2D eigenvalue weighted by molar-refractivity contribution is 0.102. The topological polar surface area (TPSA) is 45.2 Å². The van der Waals surface area contributed by atoms with Gasteiger partial charge in [-0.3, -0.25) is 4.79 Å². The Hall–Kier alpha value is -1.88. The third-order valence-corrected chi connectivity index (χ3v) is 4.74. The number of aromatic nitrogens is 1. The molecule has 1 aromatic heterocycles. The highest BCUT2D eigenvalue weighted by Gasteiger charge is 2.20. The van der Waals surface area contributed by atoms with Gasteiger partial charge in [-0.25, -0.2) is 4.98 Å². The Morgan fingerprint density at radius 1 is 1.27 bits per heavy atom. The summed E-state index contributed by atoms with van der Waals surface area (Å²) < 4.78 is 1.03. The molecule has 4 nitrogen and oxygen atoms in total. The number of anilines is 2. The maximum absolute atomic E-state index is 12.6. The number of aryl methyl sites for hydroxylation is 1. The van der Waals surface area contributed by atoms with E-state index in [1.54, 1.807) is 12.3 Å². The van der Waals surface area contributed by atoms with Gasteiger partial charge in [0.15, 0.2) is 0 Å². The van der Waals surface area contributed by atoms with Crippen LogP contribution in [-0.4, -0.2) is 24.0 Å². The molecule has 0 saturated carbocycles. The summed E-state index contributed by atoms with van der Waals surface area (Å²) in [6.45, 7) is 3.93. The zero-order chi connectivity index (χ0) is 15.5.